The van der Waals surface area contributed by atoms with Crippen LogP contribution in [0.4, 0.5) is 5.69 Å². The van der Waals surface area contributed by atoms with Gasteiger partial charge in [0, 0.05) is 13.0 Å². The number of carbonyl (C=O) groups excluding carboxylic acids is 2. The number of aromatic hydroxyl groups is 1. The topological polar surface area (TPSA) is 78.9 Å². The molecule has 150 valence electrons. The number of hydrogen-bond donors (Lipinski definition) is 2. The molecule has 0 aliphatic carbocycles. The number of nitrogens with one attached hydrogen (secondary N) is 1. The van der Waals surface area contributed by atoms with Crippen molar-refractivity contribution in [1.29, 1.82) is 0 Å². The minimum Gasteiger partial charge on any atom is -0.506 e. The molecular weight excluding hydrogens is 408 g/mol. The number of anilines is 1. The third-order valence-corrected chi connectivity index (χ3v) is 5.63. The van der Waals surface area contributed by atoms with Crippen molar-refractivity contribution in [2.45, 2.75) is 12.8 Å². The zero-order chi connectivity index (χ0) is 20.8. The maximum atomic E-state index is 12.6. The standard InChI is InChI=1S/C21H20N2O4S2/c1-27-15-10-8-14(9-11-15)13-18-20(26)23(21(28)29-18)12-4-7-19(25)22-16-5-2-3-6-17(16)24/h2-3,5-6,8-11,13,24H,4,7,12H2,1H3,(H,22,25). The number of methoxy groups -OCH3 is 1. The van der Waals surface area contributed by atoms with Gasteiger partial charge in [-0.2, -0.15) is 0 Å². The van der Waals surface area contributed by atoms with Gasteiger partial charge in [0.15, 0.2) is 0 Å². The lowest BCUT2D eigenvalue weighted by Gasteiger charge is -2.14. The Morgan fingerprint density at radius 1 is 1.24 bits per heavy atom. The SMILES string of the molecule is COc1ccc(C=C2SC(=S)N(CCCC(=O)Nc3ccccc3O)C2=O)cc1. The lowest BCUT2D eigenvalue weighted by Crippen LogP contribution is -2.29. The van der Waals surface area contributed by atoms with Crippen LogP contribution in [0.1, 0.15) is 18.4 Å². The second-order valence-electron chi connectivity index (χ2n) is 6.28. The van der Waals surface area contributed by atoms with Gasteiger partial charge in [-0.1, -0.05) is 48.2 Å². The van der Waals surface area contributed by atoms with Crippen LogP contribution in [0, 0.1) is 0 Å². The van der Waals surface area contributed by atoms with E-state index in [4.69, 9.17) is 17.0 Å². The fourth-order valence-corrected chi connectivity index (χ4v) is 4.04. The smallest absolute Gasteiger partial charge is 0.266 e. The third kappa shape index (κ3) is 5.36. The molecule has 0 atom stereocenters. The van der Waals surface area contributed by atoms with Crippen LogP contribution < -0.4 is 10.1 Å². The number of amides is 2. The first-order chi connectivity index (χ1) is 14.0. The fourth-order valence-electron chi connectivity index (χ4n) is 2.73. The van der Waals surface area contributed by atoms with Crippen molar-refractivity contribution < 1.29 is 19.4 Å². The summed E-state index contributed by atoms with van der Waals surface area (Å²) in [5, 5.41) is 12.4. The molecule has 2 N–H and O–H groups in total. The first kappa shape index (κ1) is 20.9. The number of carbonyl (C=O) groups is 2. The predicted molar refractivity (Wildman–Crippen MR) is 119 cm³/mol. The number of phenols is 1. The first-order valence-corrected chi connectivity index (χ1v) is 10.2. The minimum atomic E-state index is -0.231. The summed E-state index contributed by atoms with van der Waals surface area (Å²) in [6, 6.07) is 13.9. The Morgan fingerprint density at radius 3 is 2.66 bits per heavy atom. The molecule has 1 aliphatic heterocycles. The quantitative estimate of drug-likeness (QED) is 0.394. The number of ether oxygens (including phenoxy) is 1. The van der Waals surface area contributed by atoms with Gasteiger partial charge in [0.05, 0.1) is 17.7 Å². The van der Waals surface area contributed by atoms with Crippen LogP contribution in [0.2, 0.25) is 0 Å². The number of thiocarbonyl (C=S) groups is 1. The van der Waals surface area contributed by atoms with Gasteiger partial charge in [-0.3, -0.25) is 14.5 Å². The Hall–Kier alpha value is -2.84. The highest BCUT2D eigenvalue weighted by atomic mass is 32.2. The number of thioether (sulfide) groups is 1. The lowest BCUT2D eigenvalue weighted by atomic mass is 10.2. The average Bonchev–Trinajstić information content (AvgIpc) is 2.97. The van der Waals surface area contributed by atoms with Gasteiger partial charge in [-0.15, -0.1) is 0 Å². The second-order valence-corrected chi connectivity index (χ2v) is 7.95. The van der Waals surface area contributed by atoms with Crippen LogP contribution in [0.3, 0.4) is 0 Å². The van der Waals surface area contributed by atoms with Crippen molar-refractivity contribution in [3.8, 4) is 11.5 Å². The largest absolute Gasteiger partial charge is 0.506 e. The highest BCUT2D eigenvalue weighted by Crippen LogP contribution is 2.33. The molecule has 2 aromatic rings. The Labute approximate surface area is 178 Å². The number of benzene rings is 2. The third-order valence-electron chi connectivity index (χ3n) is 4.25. The highest BCUT2D eigenvalue weighted by Gasteiger charge is 2.31. The van der Waals surface area contributed by atoms with Crippen LogP contribution in [0.15, 0.2) is 53.4 Å². The van der Waals surface area contributed by atoms with Crippen molar-refractivity contribution in [3.63, 3.8) is 0 Å². The second kappa shape index (κ2) is 9.58. The van der Waals surface area contributed by atoms with Crippen molar-refractivity contribution in [1.82, 2.24) is 4.90 Å². The molecule has 29 heavy (non-hydrogen) atoms. The van der Waals surface area contributed by atoms with E-state index in [1.807, 2.05) is 24.3 Å². The Bertz CT molecular complexity index is 957. The monoisotopic (exact) mass is 428 g/mol. The van der Waals surface area contributed by atoms with Crippen LogP contribution in [-0.2, 0) is 9.59 Å². The molecule has 0 bridgehead atoms. The average molecular weight is 429 g/mol. The van der Waals surface area contributed by atoms with Crippen molar-refractivity contribution >= 4 is 51.9 Å². The lowest BCUT2D eigenvalue weighted by molar-refractivity contribution is -0.122. The molecule has 0 spiro atoms. The zero-order valence-electron chi connectivity index (χ0n) is 15.8. The summed E-state index contributed by atoms with van der Waals surface area (Å²) in [6.07, 6.45) is 2.47. The molecule has 3 rings (SSSR count). The van der Waals surface area contributed by atoms with E-state index in [1.165, 1.54) is 22.7 Å². The van der Waals surface area contributed by atoms with E-state index in [-0.39, 0.29) is 24.0 Å². The van der Waals surface area contributed by atoms with Gasteiger partial charge in [0.1, 0.15) is 15.8 Å². The maximum absolute atomic E-state index is 12.6. The number of para-hydroxylation sites is 2. The molecule has 0 radical (unpaired) electrons. The summed E-state index contributed by atoms with van der Waals surface area (Å²) >= 11 is 6.58. The predicted octanol–water partition coefficient (Wildman–Crippen LogP) is 4.02. The molecule has 1 aliphatic rings. The number of rotatable bonds is 7. The van der Waals surface area contributed by atoms with Crippen molar-refractivity contribution in [2.24, 2.45) is 0 Å². The summed E-state index contributed by atoms with van der Waals surface area (Å²) in [5.74, 6) is 0.376. The van der Waals surface area contributed by atoms with E-state index in [9.17, 15) is 14.7 Å². The molecule has 1 fully saturated rings. The summed E-state index contributed by atoms with van der Waals surface area (Å²) < 4.78 is 5.62. The molecule has 1 saturated heterocycles. The van der Waals surface area contributed by atoms with Gasteiger partial charge >= 0.3 is 0 Å². The van der Waals surface area contributed by atoms with E-state index in [0.717, 1.165) is 11.3 Å². The van der Waals surface area contributed by atoms with Gasteiger partial charge < -0.3 is 15.2 Å². The molecular formula is C21H20N2O4S2. The maximum Gasteiger partial charge on any atom is 0.266 e. The normalized spacial score (nSPS) is 15.1. The van der Waals surface area contributed by atoms with E-state index < -0.39 is 0 Å². The van der Waals surface area contributed by atoms with Gasteiger partial charge in [-0.05, 0) is 42.3 Å². The van der Waals surface area contributed by atoms with E-state index in [0.29, 0.717) is 27.9 Å². The van der Waals surface area contributed by atoms with Crippen LogP contribution >= 0.6 is 24.0 Å². The molecule has 6 nitrogen and oxygen atoms in total. The molecule has 0 unspecified atom stereocenters. The Morgan fingerprint density at radius 2 is 1.97 bits per heavy atom. The number of nitrogens with zero attached hydrogens (tertiary/aromatic N) is 1. The fraction of sp³-hybridized carbons (Fsp3) is 0.190. The molecule has 2 aromatic carbocycles. The zero-order valence-corrected chi connectivity index (χ0v) is 17.4. The first-order valence-electron chi connectivity index (χ1n) is 8.95. The summed E-state index contributed by atoms with van der Waals surface area (Å²) in [6.45, 7) is 0.360. The summed E-state index contributed by atoms with van der Waals surface area (Å²) in [5.41, 5.74) is 1.25. The molecule has 2 amide bonds. The van der Waals surface area contributed by atoms with E-state index >= 15 is 0 Å². The van der Waals surface area contributed by atoms with E-state index in [2.05, 4.69) is 5.32 Å². The number of phenolic OH excluding ortho intramolecular Hbond substituents is 1. The molecule has 8 heteroatoms. The van der Waals surface area contributed by atoms with Crippen LogP contribution in [-0.4, -0.2) is 39.8 Å². The number of hydrogen-bond acceptors (Lipinski definition) is 6. The van der Waals surface area contributed by atoms with Gasteiger partial charge in [0.2, 0.25) is 5.91 Å². The summed E-state index contributed by atoms with van der Waals surface area (Å²) in [7, 11) is 1.60. The molecule has 0 saturated carbocycles. The summed E-state index contributed by atoms with van der Waals surface area (Å²) in [4.78, 5) is 26.8. The van der Waals surface area contributed by atoms with Gasteiger partial charge in [0.25, 0.3) is 5.91 Å². The Kier molecular flexibility index (Phi) is 6.90. The van der Waals surface area contributed by atoms with E-state index in [1.54, 1.807) is 31.4 Å². The van der Waals surface area contributed by atoms with Crippen molar-refractivity contribution in [3.05, 3.63) is 59.0 Å². The Balaban J connectivity index is 1.54. The van der Waals surface area contributed by atoms with Gasteiger partial charge in [-0.25, -0.2) is 0 Å². The highest BCUT2D eigenvalue weighted by molar-refractivity contribution is 8.26. The van der Waals surface area contributed by atoms with Crippen LogP contribution in [0.25, 0.3) is 6.08 Å². The van der Waals surface area contributed by atoms with Crippen LogP contribution in [0.5, 0.6) is 11.5 Å². The van der Waals surface area contributed by atoms with Crippen molar-refractivity contribution in [2.75, 3.05) is 19.0 Å². The molecule has 1 heterocycles. The minimum absolute atomic E-state index is 0.0152. The molecule has 0 aromatic heterocycles.